The summed E-state index contributed by atoms with van der Waals surface area (Å²) in [5.41, 5.74) is 5.45. The number of nitrogens with one attached hydrogen (secondary N) is 1. The van der Waals surface area contributed by atoms with Gasteiger partial charge in [-0.1, -0.05) is 122 Å². The molecule has 0 aliphatic heterocycles. The molecule has 0 bridgehead atoms. The van der Waals surface area contributed by atoms with Gasteiger partial charge in [-0.05, 0) is 45.1 Å². The Labute approximate surface area is 241 Å². The predicted octanol–water partition coefficient (Wildman–Crippen LogP) is 8.64. The molecule has 0 saturated heterocycles. The quantitative estimate of drug-likeness (QED) is 0.0746. The maximum absolute atomic E-state index is 12.1. The number of ketones is 1. The van der Waals surface area contributed by atoms with Gasteiger partial charge >= 0.3 is 5.97 Å². The van der Waals surface area contributed by atoms with Gasteiger partial charge in [-0.2, -0.15) is 0 Å². The Balaban J connectivity index is 3.39. The summed E-state index contributed by atoms with van der Waals surface area (Å²) < 4.78 is 0. The summed E-state index contributed by atoms with van der Waals surface area (Å²) in [6.45, 7) is 2.81. The second-order valence-electron chi connectivity index (χ2n) is 11.6. The Morgan fingerprint density at radius 1 is 0.564 bits per heavy atom. The molecular formula is C33H64N2O4. The average Bonchev–Trinajstić information content (AvgIpc) is 2.91. The molecule has 0 spiro atoms. The lowest BCUT2D eigenvalue weighted by Gasteiger charge is -2.14. The number of hydrogen-bond acceptors (Lipinski definition) is 4. The fourth-order valence-corrected chi connectivity index (χ4v) is 5.15. The standard InChI is InChI=1S/C33H64N2O4/c1-2-3-4-5-6-7-8-11-14-17-20-25-30(36)26-21-18-15-12-9-10-13-16-19-22-28-32(37)35-31(33(38)39)27-23-24-29-34/h31H,2-29,34H2,1H3,(H,35,37)(H,38,39)/t31-/m0/s1. The number of carbonyl (C=O) groups excluding carboxylic acids is 2. The molecule has 6 nitrogen and oxygen atoms in total. The van der Waals surface area contributed by atoms with Gasteiger partial charge < -0.3 is 16.2 Å². The summed E-state index contributed by atoms with van der Waals surface area (Å²) in [5.74, 6) is -0.663. The normalized spacial score (nSPS) is 11.9. The van der Waals surface area contributed by atoms with Gasteiger partial charge in [-0.15, -0.1) is 0 Å². The molecular weight excluding hydrogens is 488 g/mol. The van der Waals surface area contributed by atoms with E-state index >= 15 is 0 Å². The fraction of sp³-hybridized carbons (Fsp3) is 0.909. The topological polar surface area (TPSA) is 109 Å². The van der Waals surface area contributed by atoms with E-state index < -0.39 is 12.0 Å². The van der Waals surface area contributed by atoms with Crippen LogP contribution >= 0.6 is 0 Å². The number of nitrogens with two attached hydrogens (primary N) is 1. The summed E-state index contributed by atoms with van der Waals surface area (Å²) >= 11 is 0. The maximum atomic E-state index is 12.1. The SMILES string of the molecule is CCCCCCCCCCCCCC(=O)CCCCCCCCCCCCC(=O)N[C@@H](CCCCN)C(=O)O. The van der Waals surface area contributed by atoms with Gasteiger partial charge in [-0.3, -0.25) is 9.59 Å². The monoisotopic (exact) mass is 552 g/mol. The summed E-state index contributed by atoms with van der Waals surface area (Å²) in [4.78, 5) is 35.4. The minimum atomic E-state index is -0.966. The van der Waals surface area contributed by atoms with Crippen LogP contribution in [0.4, 0.5) is 0 Å². The van der Waals surface area contributed by atoms with Crippen LogP contribution in [0.3, 0.4) is 0 Å². The zero-order valence-electron chi connectivity index (χ0n) is 25.6. The van der Waals surface area contributed by atoms with Crippen molar-refractivity contribution in [2.45, 2.75) is 186 Å². The van der Waals surface area contributed by atoms with Crippen LogP contribution in [-0.2, 0) is 14.4 Å². The Morgan fingerprint density at radius 3 is 1.33 bits per heavy atom. The van der Waals surface area contributed by atoms with E-state index in [-0.39, 0.29) is 5.91 Å². The van der Waals surface area contributed by atoms with Crippen molar-refractivity contribution >= 4 is 17.7 Å². The zero-order valence-corrected chi connectivity index (χ0v) is 25.6. The number of amides is 1. The Hall–Kier alpha value is -1.43. The third-order valence-electron chi connectivity index (χ3n) is 7.75. The van der Waals surface area contributed by atoms with Crippen molar-refractivity contribution in [3.8, 4) is 0 Å². The van der Waals surface area contributed by atoms with E-state index in [0.717, 1.165) is 51.4 Å². The zero-order chi connectivity index (χ0) is 28.8. The van der Waals surface area contributed by atoms with Crippen molar-refractivity contribution in [1.29, 1.82) is 0 Å². The fourth-order valence-electron chi connectivity index (χ4n) is 5.15. The molecule has 1 atom stereocenters. The Morgan fingerprint density at radius 2 is 0.949 bits per heavy atom. The second-order valence-corrected chi connectivity index (χ2v) is 11.6. The number of unbranched alkanes of at least 4 members (excludes halogenated alkanes) is 20. The number of rotatable bonds is 31. The third kappa shape index (κ3) is 27.9. The van der Waals surface area contributed by atoms with Crippen molar-refractivity contribution in [2.75, 3.05) is 6.54 Å². The minimum absolute atomic E-state index is 0.160. The molecule has 0 aromatic rings. The number of carbonyl (C=O) groups is 3. The number of carboxylic acid groups (broad SMARTS) is 1. The number of hydrogen-bond donors (Lipinski definition) is 3. The van der Waals surface area contributed by atoms with Gasteiger partial charge in [0.15, 0.2) is 0 Å². The Bertz CT molecular complexity index is 582. The highest BCUT2D eigenvalue weighted by atomic mass is 16.4. The van der Waals surface area contributed by atoms with Crippen LogP contribution in [0.15, 0.2) is 0 Å². The smallest absolute Gasteiger partial charge is 0.326 e. The van der Waals surface area contributed by atoms with Crippen LogP contribution in [0.1, 0.15) is 180 Å². The van der Waals surface area contributed by atoms with Gasteiger partial charge in [-0.25, -0.2) is 4.79 Å². The molecule has 4 N–H and O–H groups in total. The van der Waals surface area contributed by atoms with Crippen LogP contribution in [0.5, 0.6) is 0 Å². The van der Waals surface area contributed by atoms with E-state index in [1.807, 2.05) is 0 Å². The third-order valence-corrected chi connectivity index (χ3v) is 7.75. The van der Waals surface area contributed by atoms with Crippen molar-refractivity contribution in [3.63, 3.8) is 0 Å². The van der Waals surface area contributed by atoms with Crippen LogP contribution in [0, 0.1) is 0 Å². The first kappa shape index (κ1) is 37.6. The van der Waals surface area contributed by atoms with Crippen molar-refractivity contribution in [3.05, 3.63) is 0 Å². The van der Waals surface area contributed by atoms with Crippen molar-refractivity contribution < 1.29 is 19.5 Å². The first-order valence-corrected chi connectivity index (χ1v) is 16.7. The van der Waals surface area contributed by atoms with E-state index in [0.29, 0.717) is 31.6 Å². The highest BCUT2D eigenvalue weighted by Gasteiger charge is 2.18. The molecule has 0 heterocycles. The molecule has 0 radical (unpaired) electrons. The summed E-state index contributed by atoms with van der Waals surface area (Å²) in [6, 6.07) is -0.795. The molecule has 0 aliphatic rings. The largest absolute Gasteiger partial charge is 0.480 e. The number of carboxylic acids is 1. The number of aliphatic carboxylic acids is 1. The molecule has 230 valence electrons. The first-order chi connectivity index (χ1) is 19.0. The van der Waals surface area contributed by atoms with E-state index in [2.05, 4.69) is 12.2 Å². The maximum Gasteiger partial charge on any atom is 0.326 e. The number of Topliss-reactive ketones (excluding diaryl/α,β-unsaturated/α-hetero) is 1. The van der Waals surface area contributed by atoms with Gasteiger partial charge in [0.1, 0.15) is 11.8 Å². The summed E-state index contributed by atoms with van der Waals surface area (Å²) in [5, 5.41) is 11.9. The van der Waals surface area contributed by atoms with E-state index in [4.69, 9.17) is 5.73 Å². The van der Waals surface area contributed by atoms with Crippen LogP contribution in [-0.4, -0.2) is 35.4 Å². The molecule has 1 amide bonds. The predicted molar refractivity (Wildman–Crippen MR) is 164 cm³/mol. The van der Waals surface area contributed by atoms with Crippen LogP contribution in [0.25, 0.3) is 0 Å². The minimum Gasteiger partial charge on any atom is -0.480 e. The lowest BCUT2D eigenvalue weighted by molar-refractivity contribution is -0.142. The lowest BCUT2D eigenvalue weighted by Crippen LogP contribution is -2.40. The molecule has 0 unspecified atom stereocenters. The molecule has 0 aromatic carbocycles. The van der Waals surface area contributed by atoms with Crippen LogP contribution < -0.4 is 11.1 Å². The lowest BCUT2D eigenvalue weighted by atomic mass is 10.0. The molecule has 6 heteroatoms. The van der Waals surface area contributed by atoms with Gasteiger partial charge in [0.05, 0.1) is 0 Å². The average molecular weight is 553 g/mol. The van der Waals surface area contributed by atoms with E-state index in [1.54, 1.807) is 0 Å². The Kier molecular flexibility index (Phi) is 28.5. The van der Waals surface area contributed by atoms with Gasteiger partial charge in [0.2, 0.25) is 5.91 Å². The first-order valence-electron chi connectivity index (χ1n) is 16.7. The van der Waals surface area contributed by atoms with E-state index in [9.17, 15) is 19.5 Å². The molecule has 0 aliphatic carbocycles. The van der Waals surface area contributed by atoms with Crippen molar-refractivity contribution in [1.82, 2.24) is 5.32 Å². The highest BCUT2D eigenvalue weighted by molar-refractivity contribution is 5.83. The van der Waals surface area contributed by atoms with Crippen LogP contribution in [0.2, 0.25) is 0 Å². The summed E-state index contributed by atoms with van der Waals surface area (Å²) in [7, 11) is 0. The second kappa shape index (κ2) is 29.6. The van der Waals surface area contributed by atoms with Gasteiger partial charge in [0.25, 0.3) is 0 Å². The molecule has 0 saturated carbocycles. The molecule has 0 aromatic heterocycles. The van der Waals surface area contributed by atoms with Crippen molar-refractivity contribution in [2.24, 2.45) is 5.73 Å². The molecule has 39 heavy (non-hydrogen) atoms. The van der Waals surface area contributed by atoms with E-state index in [1.165, 1.54) is 103 Å². The van der Waals surface area contributed by atoms with Gasteiger partial charge in [0, 0.05) is 19.3 Å². The summed E-state index contributed by atoms with van der Waals surface area (Å²) in [6.07, 6.45) is 29.8. The highest BCUT2D eigenvalue weighted by Crippen LogP contribution is 2.15. The molecule has 0 fully saturated rings. The molecule has 0 rings (SSSR count).